The Hall–Kier alpha value is -3.67. The molecule has 11 nitrogen and oxygen atoms in total. The Labute approximate surface area is 172 Å². The zero-order valence-corrected chi connectivity index (χ0v) is 16.4. The molecule has 4 rings (SSSR count). The van der Waals surface area contributed by atoms with Gasteiger partial charge in [-0.15, -0.1) is 10.2 Å². The summed E-state index contributed by atoms with van der Waals surface area (Å²) < 4.78 is 10.8. The number of nitrogens with one attached hydrogen (secondary N) is 3. The number of ketones is 1. The highest BCUT2D eigenvalue weighted by atomic mass is 32.2. The number of carbonyl (C=O) groups excluding carboxylic acids is 2. The van der Waals surface area contributed by atoms with Crippen LogP contribution < -0.4 is 21.3 Å². The van der Waals surface area contributed by atoms with Gasteiger partial charge in [-0.1, -0.05) is 11.8 Å². The number of aromatic amines is 2. The van der Waals surface area contributed by atoms with Crippen LogP contribution in [0.4, 0.5) is 5.69 Å². The third kappa shape index (κ3) is 4.17. The lowest BCUT2D eigenvalue weighted by atomic mass is 10.1. The lowest BCUT2D eigenvalue weighted by Gasteiger charge is -2.18. The second-order valence-electron chi connectivity index (χ2n) is 6.41. The maximum Gasteiger partial charge on any atom is 0.325 e. The van der Waals surface area contributed by atoms with E-state index in [1.54, 1.807) is 25.1 Å². The first kappa shape index (κ1) is 19.6. The van der Waals surface area contributed by atoms with Gasteiger partial charge in [0.2, 0.25) is 5.89 Å². The Morgan fingerprint density at radius 3 is 2.83 bits per heavy atom. The number of aromatic nitrogens is 4. The Bertz CT molecular complexity index is 1260. The van der Waals surface area contributed by atoms with E-state index in [1.807, 2.05) is 0 Å². The third-order valence-corrected chi connectivity index (χ3v) is 5.11. The predicted molar refractivity (Wildman–Crippen MR) is 105 cm³/mol. The largest absolute Gasteiger partial charge is 0.482 e. The fourth-order valence-electron chi connectivity index (χ4n) is 2.83. The molecular formula is C18H15N5O6S. The van der Waals surface area contributed by atoms with Gasteiger partial charge in [0.1, 0.15) is 5.75 Å². The van der Waals surface area contributed by atoms with E-state index in [-0.39, 0.29) is 41.6 Å². The number of anilines is 1. The number of carbonyl (C=O) groups is 2. The number of hydrogen-bond acceptors (Lipinski definition) is 9. The summed E-state index contributed by atoms with van der Waals surface area (Å²) in [4.78, 5) is 51.7. The zero-order chi connectivity index (χ0) is 21.3. The molecule has 0 bridgehead atoms. The molecule has 154 valence electrons. The minimum absolute atomic E-state index is 0.0352. The van der Waals surface area contributed by atoms with Crippen LogP contribution in [0.5, 0.6) is 5.75 Å². The minimum atomic E-state index is -0.588. The maximum absolute atomic E-state index is 12.5. The number of ether oxygens (including phenoxy) is 1. The highest BCUT2D eigenvalue weighted by Crippen LogP contribution is 2.29. The lowest BCUT2D eigenvalue weighted by Crippen LogP contribution is -2.27. The minimum Gasteiger partial charge on any atom is -0.482 e. The molecule has 0 saturated carbocycles. The number of nitrogens with zero attached hydrogens (tertiary/aromatic N) is 2. The standard InChI is InChI=1S/C18H15N5O6S/c1-8-10(16(26)21-17(27)19-8)5-15-22-23-18(29-15)30-7-12(24)9-2-3-13-11(4-9)20-14(25)6-28-13/h2-4H,5-7H2,1H3,(H,20,25)(H2,19,21,26,27). The normalized spacial score (nSPS) is 12.8. The van der Waals surface area contributed by atoms with Crippen LogP contribution in [0.2, 0.25) is 0 Å². The number of rotatable bonds is 6. The van der Waals surface area contributed by atoms with Crippen molar-refractivity contribution in [1.82, 2.24) is 20.2 Å². The smallest absolute Gasteiger partial charge is 0.325 e. The summed E-state index contributed by atoms with van der Waals surface area (Å²) in [5.74, 6) is 0.242. The van der Waals surface area contributed by atoms with Gasteiger partial charge in [-0.25, -0.2) is 4.79 Å². The molecule has 0 atom stereocenters. The van der Waals surface area contributed by atoms with Gasteiger partial charge >= 0.3 is 5.69 Å². The Kier molecular flexibility index (Phi) is 5.23. The molecule has 0 fully saturated rings. The van der Waals surface area contributed by atoms with Crippen molar-refractivity contribution < 1.29 is 18.7 Å². The van der Waals surface area contributed by atoms with Crippen molar-refractivity contribution in [2.45, 2.75) is 18.6 Å². The highest BCUT2D eigenvalue weighted by Gasteiger charge is 2.19. The average molecular weight is 429 g/mol. The van der Waals surface area contributed by atoms with E-state index in [2.05, 4.69) is 25.5 Å². The molecule has 1 amide bonds. The molecule has 1 aromatic carbocycles. The number of thioether (sulfide) groups is 1. The molecule has 3 aromatic rings. The van der Waals surface area contributed by atoms with Crippen molar-refractivity contribution in [2.24, 2.45) is 0 Å². The molecule has 3 heterocycles. The second-order valence-corrected chi connectivity index (χ2v) is 7.34. The topological polar surface area (TPSA) is 160 Å². The van der Waals surface area contributed by atoms with Crippen LogP contribution in [0.15, 0.2) is 37.4 Å². The molecule has 2 aromatic heterocycles. The van der Waals surface area contributed by atoms with E-state index in [9.17, 15) is 19.2 Å². The van der Waals surface area contributed by atoms with Crippen LogP contribution in [0.25, 0.3) is 0 Å². The number of fused-ring (bicyclic) bond motifs is 1. The Morgan fingerprint density at radius 2 is 2.03 bits per heavy atom. The quantitative estimate of drug-likeness (QED) is 0.377. The number of aryl methyl sites for hydroxylation is 1. The summed E-state index contributed by atoms with van der Waals surface area (Å²) in [6.07, 6.45) is 0.0456. The van der Waals surface area contributed by atoms with Crippen LogP contribution in [-0.2, 0) is 11.2 Å². The number of amides is 1. The molecule has 0 unspecified atom stereocenters. The molecule has 0 spiro atoms. The van der Waals surface area contributed by atoms with Gasteiger partial charge in [-0.3, -0.25) is 19.4 Å². The molecule has 0 saturated heterocycles. The summed E-state index contributed by atoms with van der Waals surface area (Å²) in [7, 11) is 0. The molecule has 12 heteroatoms. The van der Waals surface area contributed by atoms with Gasteiger partial charge < -0.3 is 19.5 Å². The predicted octanol–water partition coefficient (Wildman–Crippen LogP) is 0.651. The average Bonchev–Trinajstić information content (AvgIpc) is 3.16. The van der Waals surface area contributed by atoms with Crippen molar-refractivity contribution in [1.29, 1.82) is 0 Å². The van der Waals surface area contributed by atoms with Crippen LogP contribution in [0, 0.1) is 6.92 Å². The van der Waals surface area contributed by atoms with Gasteiger partial charge in [0, 0.05) is 16.8 Å². The van der Waals surface area contributed by atoms with Crippen molar-refractivity contribution in [3.63, 3.8) is 0 Å². The molecule has 3 N–H and O–H groups in total. The van der Waals surface area contributed by atoms with Gasteiger partial charge in [0.15, 0.2) is 12.4 Å². The fourth-order valence-corrected chi connectivity index (χ4v) is 3.50. The monoisotopic (exact) mass is 429 g/mol. The lowest BCUT2D eigenvalue weighted by molar-refractivity contribution is -0.118. The molecule has 30 heavy (non-hydrogen) atoms. The van der Waals surface area contributed by atoms with Crippen LogP contribution in [0.1, 0.15) is 27.5 Å². The number of benzene rings is 1. The van der Waals surface area contributed by atoms with E-state index in [0.717, 1.165) is 11.8 Å². The number of H-pyrrole nitrogens is 2. The zero-order valence-electron chi connectivity index (χ0n) is 15.6. The summed E-state index contributed by atoms with van der Waals surface area (Å²) >= 11 is 1.05. The SMILES string of the molecule is Cc1[nH]c(=O)[nH]c(=O)c1Cc1nnc(SCC(=O)c2ccc3c(c2)NC(=O)CO3)o1. The number of Topliss-reactive ketones (excluding diaryl/α,β-unsaturated/α-hetero) is 1. The van der Waals surface area contributed by atoms with Gasteiger partial charge in [0.05, 0.1) is 17.9 Å². The van der Waals surface area contributed by atoms with E-state index < -0.39 is 11.2 Å². The van der Waals surface area contributed by atoms with E-state index >= 15 is 0 Å². The van der Waals surface area contributed by atoms with Crippen molar-refractivity contribution >= 4 is 29.1 Å². The molecular weight excluding hydrogens is 414 g/mol. The van der Waals surface area contributed by atoms with E-state index in [0.29, 0.717) is 28.3 Å². The molecule has 0 radical (unpaired) electrons. The van der Waals surface area contributed by atoms with Crippen molar-refractivity contribution in [2.75, 3.05) is 17.7 Å². The molecule has 1 aliphatic heterocycles. The first-order valence-electron chi connectivity index (χ1n) is 8.76. The summed E-state index contributed by atoms with van der Waals surface area (Å²) in [6.45, 7) is 1.54. The first-order chi connectivity index (χ1) is 14.4. The molecule has 1 aliphatic rings. The molecule has 0 aliphatic carbocycles. The van der Waals surface area contributed by atoms with Gasteiger partial charge in [-0.05, 0) is 25.1 Å². The van der Waals surface area contributed by atoms with Crippen molar-refractivity contribution in [3.8, 4) is 5.75 Å². The summed E-state index contributed by atoms with van der Waals surface area (Å²) in [5, 5.41) is 10.6. The fraction of sp³-hybridized carbons (Fsp3) is 0.222. The second kappa shape index (κ2) is 7.99. The van der Waals surface area contributed by atoms with Crippen LogP contribution >= 0.6 is 11.8 Å². The van der Waals surface area contributed by atoms with Crippen molar-refractivity contribution in [3.05, 3.63) is 61.7 Å². The highest BCUT2D eigenvalue weighted by molar-refractivity contribution is 7.99. The van der Waals surface area contributed by atoms with Gasteiger partial charge in [0.25, 0.3) is 16.7 Å². The summed E-state index contributed by atoms with van der Waals surface area (Å²) in [6, 6.07) is 4.80. The van der Waals surface area contributed by atoms with E-state index in [1.165, 1.54) is 0 Å². The Balaban J connectivity index is 1.41. The third-order valence-electron chi connectivity index (χ3n) is 4.29. The van der Waals surface area contributed by atoms with Gasteiger partial charge in [-0.2, -0.15) is 0 Å². The van der Waals surface area contributed by atoms with Crippen LogP contribution in [-0.4, -0.2) is 44.2 Å². The first-order valence-corrected chi connectivity index (χ1v) is 9.75. The summed E-state index contributed by atoms with van der Waals surface area (Å²) in [5.41, 5.74) is 0.460. The van der Waals surface area contributed by atoms with Crippen LogP contribution in [0.3, 0.4) is 0 Å². The maximum atomic E-state index is 12.5. The number of hydrogen-bond donors (Lipinski definition) is 3. The van der Waals surface area contributed by atoms with E-state index in [4.69, 9.17) is 9.15 Å². The Morgan fingerprint density at radius 1 is 1.20 bits per heavy atom.